The van der Waals surface area contributed by atoms with Gasteiger partial charge in [0.1, 0.15) is 0 Å². The molecule has 0 N–H and O–H groups in total. The normalized spacial score (nSPS) is 14.8. The molecule has 0 radical (unpaired) electrons. The maximum absolute atomic E-state index is 9.87. The predicted molar refractivity (Wildman–Crippen MR) is 25.6 cm³/mol. The fourth-order valence-electron chi connectivity index (χ4n) is 0. The van der Waals surface area contributed by atoms with Crippen molar-refractivity contribution in [3.63, 3.8) is 0 Å². The van der Waals surface area contributed by atoms with Crippen molar-refractivity contribution in [1.82, 2.24) is 0 Å². The number of hydrogen-bond acceptors (Lipinski definition) is 1. The fourth-order valence-corrected chi connectivity index (χ4v) is 0. The van der Waals surface area contributed by atoms with Gasteiger partial charge >= 0.3 is 0 Å². The average molecular weight is 112 g/mol. The van der Waals surface area contributed by atoms with Crippen LogP contribution in [0.1, 0.15) is 0 Å². The highest BCUT2D eigenvalue weighted by Gasteiger charge is 1.76. The van der Waals surface area contributed by atoms with Crippen molar-refractivity contribution in [1.29, 1.82) is 0 Å². The van der Waals surface area contributed by atoms with Gasteiger partial charge in [-0.25, -0.2) is 0 Å². The van der Waals surface area contributed by atoms with Crippen molar-refractivity contribution in [2.45, 2.75) is 0 Å². The Balaban J connectivity index is 2.85. The minimum absolute atomic E-state index is 0.324. The molecule has 32 valence electrons. The van der Waals surface area contributed by atoms with E-state index >= 15 is 0 Å². The van der Waals surface area contributed by atoms with E-state index in [0.717, 1.165) is 0 Å². The molecule has 0 aliphatic rings. The van der Waals surface area contributed by atoms with Gasteiger partial charge in [-0.1, -0.05) is 0 Å². The molecule has 0 aromatic carbocycles. The van der Waals surface area contributed by atoms with Gasteiger partial charge in [-0.05, 0) is 6.66 Å². The summed E-state index contributed by atoms with van der Waals surface area (Å²) in [6.45, 7) is 1.64. The average Bonchev–Trinajstić information content (AvgIpc) is 1.38. The van der Waals surface area contributed by atoms with Crippen LogP contribution in [-0.4, -0.2) is 12.3 Å². The van der Waals surface area contributed by atoms with Gasteiger partial charge in [-0.15, -0.1) is 11.6 Å². The fraction of sp³-hybridized carbons (Fsp3) is 1.00. The highest BCUT2D eigenvalue weighted by atomic mass is 35.5. The van der Waals surface area contributed by atoms with Crippen LogP contribution < -0.4 is 0 Å². The lowest BCUT2D eigenvalue weighted by atomic mass is 11.9. The van der Waals surface area contributed by atoms with Gasteiger partial charge < -0.3 is 4.57 Å². The predicted octanol–water partition coefficient (Wildman–Crippen LogP) is 1.37. The Labute approximate surface area is 37.1 Å². The number of halogens is 1. The molecule has 0 rings (SSSR count). The second kappa shape index (κ2) is 2.74. The van der Waals surface area contributed by atoms with Crippen LogP contribution in [0.3, 0.4) is 0 Å². The SMILES string of the molecule is C[PH](=O)CCl. The minimum Gasteiger partial charge on any atom is -0.326 e. The van der Waals surface area contributed by atoms with Gasteiger partial charge in [0.2, 0.25) is 0 Å². The summed E-state index contributed by atoms with van der Waals surface area (Å²) in [4.78, 5) is 0. The topological polar surface area (TPSA) is 17.1 Å². The molecule has 0 spiro atoms. The Morgan fingerprint density at radius 3 is 2.20 bits per heavy atom. The van der Waals surface area contributed by atoms with E-state index in [9.17, 15) is 4.57 Å². The molecule has 1 nitrogen and oxygen atoms in total. The van der Waals surface area contributed by atoms with E-state index in [4.69, 9.17) is 11.6 Å². The van der Waals surface area contributed by atoms with E-state index in [1.165, 1.54) is 0 Å². The summed E-state index contributed by atoms with van der Waals surface area (Å²) in [6, 6.07) is 0. The van der Waals surface area contributed by atoms with Gasteiger partial charge in [0.25, 0.3) is 0 Å². The lowest BCUT2D eigenvalue weighted by molar-refractivity contribution is 0.593. The molecule has 0 aliphatic carbocycles. The Morgan fingerprint density at radius 2 is 2.20 bits per heavy atom. The zero-order valence-electron chi connectivity index (χ0n) is 2.99. The second-order valence-electron chi connectivity index (χ2n) is 0.836. The van der Waals surface area contributed by atoms with Gasteiger partial charge in [0.15, 0.2) is 0 Å². The summed E-state index contributed by atoms with van der Waals surface area (Å²) in [5.74, 6) is 0. The van der Waals surface area contributed by atoms with E-state index in [0.29, 0.717) is 5.62 Å². The van der Waals surface area contributed by atoms with Gasteiger partial charge in [0, 0.05) is 0 Å². The van der Waals surface area contributed by atoms with Crippen molar-refractivity contribution < 1.29 is 4.57 Å². The van der Waals surface area contributed by atoms with Gasteiger partial charge in [-0.3, -0.25) is 0 Å². The molecule has 0 aromatic rings. The van der Waals surface area contributed by atoms with Gasteiger partial charge in [0.05, 0.1) is 13.4 Å². The summed E-state index contributed by atoms with van der Waals surface area (Å²) >= 11 is 5.07. The summed E-state index contributed by atoms with van der Waals surface area (Å²) < 4.78 is 9.87. The standard InChI is InChI=1S/C2H6ClOP/c1-5(4)2-3/h5H,2H2,1H3. The minimum atomic E-state index is -1.36. The molecule has 0 aliphatic heterocycles. The molecule has 0 saturated heterocycles. The highest BCUT2D eigenvalue weighted by Crippen LogP contribution is 2.13. The van der Waals surface area contributed by atoms with Crippen LogP contribution in [0.25, 0.3) is 0 Å². The molecule has 3 heteroatoms. The molecule has 0 bridgehead atoms. The molecule has 1 unspecified atom stereocenters. The van der Waals surface area contributed by atoms with E-state index in [1.54, 1.807) is 6.66 Å². The first kappa shape index (κ1) is 5.52. The van der Waals surface area contributed by atoms with E-state index in [-0.39, 0.29) is 0 Å². The number of hydrogen-bond donors (Lipinski definition) is 0. The molecule has 1 atom stereocenters. The Hall–Kier alpha value is 0.520. The quantitative estimate of drug-likeness (QED) is 0.370. The molecular formula is C2H6ClOP. The molecule has 0 amide bonds. The summed E-state index contributed by atoms with van der Waals surface area (Å²) in [5, 5.41) is 0. The smallest absolute Gasteiger partial charge is 0.0873 e. The summed E-state index contributed by atoms with van der Waals surface area (Å²) in [6.07, 6.45) is 0. The van der Waals surface area contributed by atoms with E-state index in [1.807, 2.05) is 0 Å². The van der Waals surface area contributed by atoms with Crippen molar-refractivity contribution in [3.05, 3.63) is 0 Å². The third-order valence-corrected chi connectivity index (χ3v) is 1.69. The van der Waals surface area contributed by atoms with Crippen LogP contribution in [0.15, 0.2) is 0 Å². The van der Waals surface area contributed by atoms with Crippen LogP contribution in [-0.2, 0) is 4.57 Å². The maximum atomic E-state index is 9.87. The Bertz CT molecular complexity index is 44.9. The van der Waals surface area contributed by atoms with Crippen LogP contribution in [0, 0.1) is 0 Å². The van der Waals surface area contributed by atoms with Crippen molar-refractivity contribution in [2.24, 2.45) is 0 Å². The monoisotopic (exact) mass is 112 g/mol. The Kier molecular flexibility index (Phi) is 3.03. The maximum Gasteiger partial charge on any atom is 0.0873 e. The van der Waals surface area contributed by atoms with Gasteiger partial charge in [-0.2, -0.15) is 0 Å². The van der Waals surface area contributed by atoms with Crippen molar-refractivity contribution in [3.8, 4) is 0 Å². The van der Waals surface area contributed by atoms with Crippen LogP contribution >= 0.6 is 19.4 Å². The lowest BCUT2D eigenvalue weighted by Crippen LogP contribution is -1.49. The largest absolute Gasteiger partial charge is 0.326 e. The summed E-state index contributed by atoms with van der Waals surface area (Å²) in [5.41, 5.74) is 0.324. The summed E-state index contributed by atoms with van der Waals surface area (Å²) in [7, 11) is -1.36. The highest BCUT2D eigenvalue weighted by molar-refractivity contribution is 7.45. The van der Waals surface area contributed by atoms with Crippen LogP contribution in [0.4, 0.5) is 0 Å². The molecular weight excluding hydrogens is 106 g/mol. The molecule has 5 heavy (non-hydrogen) atoms. The second-order valence-corrected chi connectivity index (χ2v) is 3.31. The van der Waals surface area contributed by atoms with Crippen LogP contribution in [0.2, 0.25) is 0 Å². The first-order chi connectivity index (χ1) is 2.27. The van der Waals surface area contributed by atoms with E-state index in [2.05, 4.69) is 0 Å². The lowest BCUT2D eigenvalue weighted by Gasteiger charge is -1.72. The molecule has 0 fully saturated rings. The zero-order valence-corrected chi connectivity index (χ0v) is 4.75. The molecule has 0 aromatic heterocycles. The molecule has 0 saturated carbocycles. The van der Waals surface area contributed by atoms with Crippen LogP contribution in [0.5, 0.6) is 0 Å². The van der Waals surface area contributed by atoms with E-state index < -0.39 is 7.80 Å². The van der Waals surface area contributed by atoms with Crippen molar-refractivity contribution >= 4 is 19.4 Å². The number of rotatable bonds is 1. The first-order valence-electron chi connectivity index (χ1n) is 1.32. The number of alkyl halides is 1. The third kappa shape index (κ3) is 4.52. The Morgan fingerprint density at radius 1 is 2.00 bits per heavy atom. The third-order valence-electron chi connectivity index (χ3n) is 0.188. The molecule has 0 heterocycles. The first-order valence-corrected chi connectivity index (χ1v) is 3.97. The zero-order chi connectivity index (χ0) is 4.28. The van der Waals surface area contributed by atoms with Crippen molar-refractivity contribution in [2.75, 3.05) is 12.3 Å².